The molecule has 0 bridgehead atoms. The van der Waals surface area contributed by atoms with Crippen molar-refractivity contribution >= 4 is 5.95 Å². The van der Waals surface area contributed by atoms with Gasteiger partial charge in [-0.25, -0.2) is 9.97 Å². The highest BCUT2D eigenvalue weighted by Crippen LogP contribution is 2.27. The predicted molar refractivity (Wildman–Crippen MR) is 67.9 cm³/mol. The number of hydrogen-bond donors (Lipinski definition) is 1. The molecule has 0 aliphatic heterocycles. The summed E-state index contributed by atoms with van der Waals surface area (Å²) in [5.74, 6) is 0.00153. The van der Waals surface area contributed by atoms with E-state index in [0.29, 0.717) is 6.54 Å². The van der Waals surface area contributed by atoms with Crippen molar-refractivity contribution in [2.75, 3.05) is 32.5 Å². The fourth-order valence-corrected chi connectivity index (χ4v) is 1.83. The van der Waals surface area contributed by atoms with Crippen molar-refractivity contribution in [1.82, 2.24) is 14.9 Å². The summed E-state index contributed by atoms with van der Waals surface area (Å²) in [4.78, 5) is 9.29. The van der Waals surface area contributed by atoms with E-state index in [0.717, 1.165) is 18.8 Å². The standard InChI is InChI=1S/C12H19F3N4/c1-11(2,8-19(3)4)7-17-10-16-6-5-9(18-10)12(13,14)15/h5-6H,7-8H2,1-4H3,(H,16,17,18). The van der Waals surface area contributed by atoms with Crippen molar-refractivity contribution in [2.45, 2.75) is 20.0 Å². The third-order valence-electron chi connectivity index (χ3n) is 2.42. The maximum Gasteiger partial charge on any atom is 0.433 e. The third-order valence-corrected chi connectivity index (χ3v) is 2.42. The normalized spacial score (nSPS) is 12.8. The van der Waals surface area contributed by atoms with Gasteiger partial charge < -0.3 is 10.2 Å². The van der Waals surface area contributed by atoms with Gasteiger partial charge in [0, 0.05) is 19.3 Å². The van der Waals surface area contributed by atoms with Gasteiger partial charge in [0.05, 0.1) is 0 Å². The second-order valence-corrected chi connectivity index (χ2v) is 5.52. The minimum absolute atomic E-state index is 0.00153. The topological polar surface area (TPSA) is 41.0 Å². The summed E-state index contributed by atoms with van der Waals surface area (Å²) in [6.07, 6.45) is -3.34. The van der Waals surface area contributed by atoms with Gasteiger partial charge in [0.1, 0.15) is 5.69 Å². The molecule has 0 radical (unpaired) electrons. The van der Waals surface area contributed by atoms with Gasteiger partial charge in [0.2, 0.25) is 5.95 Å². The Balaban J connectivity index is 2.68. The molecule has 0 aromatic carbocycles. The molecule has 4 nitrogen and oxygen atoms in total. The lowest BCUT2D eigenvalue weighted by Gasteiger charge is -2.28. The number of nitrogens with zero attached hydrogens (tertiary/aromatic N) is 3. The molecule has 0 aliphatic carbocycles. The number of alkyl halides is 3. The number of halogens is 3. The largest absolute Gasteiger partial charge is 0.433 e. The predicted octanol–water partition coefficient (Wildman–Crippen LogP) is 2.50. The van der Waals surface area contributed by atoms with E-state index >= 15 is 0 Å². The molecule has 1 aromatic rings. The third kappa shape index (κ3) is 5.42. The average molecular weight is 276 g/mol. The number of anilines is 1. The lowest BCUT2D eigenvalue weighted by atomic mass is 9.93. The smallest absolute Gasteiger partial charge is 0.354 e. The van der Waals surface area contributed by atoms with Crippen molar-refractivity contribution in [2.24, 2.45) is 5.41 Å². The van der Waals surface area contributed by atoms with Crippen LogP contribution in [-0.4, -0.2) is 42.1 Å². The Kier molecular flexibility index (Phi) is 4.73. The lowest BCUT2D eigenvalue weighted by Crippen LogP contribution is -2.34. The molecule has 0 fully saturated rings. The number of rotatable bonds is 5. The Morgan fingerprint density at radius 3 is 2.42 bits per heavy atom. The van der Waals surface area contributed by atoms with E-state index in [1.54, 1.807) is 0 Å². The molecule has 19 heavy (non-hydrogen) atoms. The summed E-state index contributed by atoms with van der Waals surface area (Å²) >= 11 is 0. The van der Waals surface area contributed by atoms with Crippen LogP contribution in [0.3, 0.4) is 0 Å². The number of nitrogens with one attached hydrogen (secondary N) is 1. The van der Waals surface area contributed by atoms with E-state index in [9.17, 15) is 13.2 Å². The number of aromatic nitrogens is 2. The molecule has 0 saturated carbocycles. The summed E-state index contributed by atoms with van der Waals surface area (Å²) in [7, 11) is 3.89. The van der Waals surface area contributed by atoms with Gasteiger partial charge in [-0.3, -0.25) is 0 Å². The van der Waals surface area contributed by atoms with Crippen LogP contribution >= 0.6 is 0 Å². The first-order valence-corrected chi connectivity index (χ1v) is 5.89. The van der Waals surface area contributed by atoms with Crippen LogP contribution < -0.4 is 5.32 Å². The van der Waals surface area contributed by atoms with Gasteiger partial charge in [-0.1, -0.05) is 13.8 Å². The van der Waals surface area contributed by atoms with Crippen LogP contribution in [0.15, 0.2) is 12.3 Å². The first-order chi connectivity index (χ1) is 8.60. The molecule has 1 aromatic heterocycles. The molecule has 108 valence electrons. The molecule has 0 saturated heterocycles. The van der Waals surface area contributed by atoms with Gasteiger partial charge in [0.15, 0.2) is 0 Å². The summed E-state index contributed by atoms with van der Waals surface area (Å²) in [5.41, 5.74) is -1.03. The maximum absolute atomic E-state index is 12.5. The minimum Gasteiger partial charge on any atom is -0.354 e. The Labute approximate surface area is 111 Å². The maximum atomic E-state index is 12.5. The molecular weight excluding hydrogens is 257 g/mol. The molecule has 1 N–H and O–H groups in total. The van der Waals surface area contributed by atoms with Gasteiger partial charge in [-0.15, -0.1) is 0 Å². The fraction of sp³-hybridized carbons (Fsp3) is 0.667. The van der Waals surface area contributed by atoms with Crippen molar-refractivity contribution in [3.8, 4) is 0 Å². The van der Waals surface area contributed by atoms with Gasteiger partial charge in [-0.2, -0.15) is 13.2 Å². The molecule has 7 heteroatoms. The second-order valence-electron chi connectivity index (χ2n) is 5.52. The zero-order valence-corrected chi connectivity index (χ0v) is 11.5. The molecule has 0 atom stereocenters. The quantitative estimate of drug-likeness (QED) is 0.897. The molecule has 0 unspecified atom stereocenters. The van der Waals surface area contributed by atoms with Crippen molar-refractivity contribution in [3.05, 3.63) is 18.0 Å². The first-order valence-electron chi connectivity index (χ1n) is 5.89. The molecular formula is C12H19F3N4. The molecule has 1 heterocycles. The van der Waals surface area contributed by atoms with Crippen LogP contribution in [0, 0.1) is 5.41 Å². The van der Waals surface area contributed by atoms with Crippen LogP contribution in [0.2, 0.25) is 0 Å². The lowest BCUT2D eigenvalue weighted by molar-refractivity contribution is -0.141. The summed E-state index contributed by atoms with van der Waals surface area (Å²) in [5, 5.41) is 2.85. The Morgan fingerprint density at radius 2 is 1.89 bits per heavy atom. The molecule has 1 rings (SSSR count). The summed E-state index contributed by atoms with van der Waals surface area (Å²) in [6, 6.07) is 0.857. The summed E-state index contributed by atoms with van der Waals surface area (Å²) < 4.78 is 37.5. The van der Waals surface area contributed by atoms with E-state index < -0.39 is 11.9 Å². The van der Waals surface area contributed by atoms with E-state index in [4.69, 9.17) is 0 Å². The highest BCUT2D eigenvalue weighted by Gasteiger charge is 2.32. The minimum atomic E-state index is -4.45. The van der Waals surface area contributed by atoms with E-state index in [1.807, 2.05) is 32.8 Å². The van der Waals surface area contributed by atoms with Gasteiger partial charge in [0.25, 0.3) is 0 Å². The van der Waals surface area contributed by atoms with Gasteiger partial charge in [-0.05, 0) is 25.6 Å². The highest BCUT2D eigenvalue weighted by atomic mass is 19.4. The highest BCUT2D eigenvalue weighted by molar-refractivity contribution is 5.26. The zero-order valence-electron chi connectivity index (χ0n) is 11.5. The van der Waals surface area contributed by atoms with Crippen LogP contribution in [0.4, 0.5) is 19.1 Å². The second kappa shape index (κ2) is 5.73. The van der Waals surface area contributed by atoms with E-state index in [1.165, 1.54) is 0 Å². The Hall–Kier alpha value is -1.37. The van der Waals surface area contributed by atoms with Gasteiger partial charge >= 0.3 is 6.18 Å². The van der Waals surface area contributed by atoms with Crippen molar-refractivity contribution in [1.29, 1.82) is 0 Å². The Bertz CT molecular complexity index is 416. The van der Waals surface area contributed by atoms with E-state index in [2.05, 4.69) is 15.3 Å². The Morgan fingerprint density at radius 1 is 1.26 bits per heavy atom. The van der Waals surface area contributed by atoms with Crippen LogP contribution in [0.25, 0.3) is 0 Å². The van der Waals surface area contributed by atoms with Crippen LogP contribution in [0.5, 0.6) is 0 Å². The molecule has 0 aliphatic rings. The first kappa shape index (κ1) is 15.7. The summed E-state index contributed by atoms with van der Waals surface area (Å²) in [6.45, 7) is 5.34. The SMILES string of the molecule is CN(C)CC(C)(C)CNc1nccc(C(F)(F)F)n1. The van der Waals surface area contributed by atoms with Crippen LogP contribution in [-0.2, 0) is 6.18 Å². The number of hydrogen-bond acceptors (Lipinski definition) is 4. The fourth-order valence-electron chi connectivity index (χ4n) is 1.83. The zero-order chi connectivity index (χ0) is 14.7. The monoisotopic (exact) mass is 276 g/mol. The average Bonchev–Trinajstić information content (AvgIpc) is 2.24. The van der Waals surface area contributed by atoms with Crippen molar-refractivity contribution in [3.63, 3.8) is 0 Å². The van der Waals surface area contributed by atoms with Crippen molar-refractivity contribution < 1.29 is 13.2 Å². The molecule has 0 amide bonds. The van der Waals surface area contributed by atoms with Crippen LogP contribution in [0.1, 0.15) is 19.5 Å². The molecule has 0 spiro atoms. The van der Waals surface area contributed by atoms with E-state index in [-0.39, 0.29) is 11.4 Å².